The van der Waals surface area contributed by atoms with E-state index in [4.69, 9.17) is 0 Å². The molecular weight excluding hydrogens is 226 g/mol. The first-order chi connectivity index (χ1) is 8.75. The fourth-order valence-electron chi connectivity index (χ4n) is 2.52. The molecule has 2 aromatic rings. The number of aromatic nitrogens is 1. The molecule has 1 aromatic heterocycles. The van der Waals surface area contributed by atoms with Gasteiger partial charge in [-0.05, 0) is 36.6 Å². The summed E-state index contributed by atoms with van der Waals surface area (Å²) in [4.78, 5) is 17.4. The van der Waals surface area contributed by atoms with Crippen molar-refractivity contribution in [3.8, 4) is 0 Å². The molecule has 1 aliphatic rings. The number of likely N-dealkylation sites (N-methyl/N-ethyl adjacent to an activating group) is 1. The van der Waals surface area contributed by atoms with Crippen molar-refractivity contribution < 1.29 is 4.79 Å². The number of rotatable bonds is 2. The minimum absolute atomic E-state index is 0.0974. The summed E-state index contributed by atoms with van der Waals surface area (Å²) in [5, 5.41) is 4.42. The van der Waals surface area contributed by atoms with E-state index >= 15 is 0 Å². The summed E-state index contributed by atoms with van der Waals surface area (Å²) in [7, 11) is 1.89. The summed E-state index contributed by atoms with van der Waals surface area (Å²) in [5.74, 6) is 0.0974. The van der Waals surface area contributed by atoms with Crippen LogP contribution in [-0.4, -0.2) is 42.0 Å². The molecular formula is C14H17N3O. The lowest BCUT2D eigenvalue weighted by Crippen LogP contribution is -2.38. The monoisotopic (exact) mass is 243 g/mol. The van der Waals surface area contributed by atoms with Gasteiger partial charge in [-0.3, -0.25) is 4.79 Å². The van der Waals surface area contributed by atoms with Crippen molar-refractivity contribution >= 4 is 16.8 Å². The van der Waals surface area contributed by atoms with Crippen LogP contribution in [0.1, 0.15) is 16.8 Å². The number of benzene rings is 1. The van der Waals surface area contributed by atoms with Crippen LogP contribution < -0.4 is 5.32 Å². The molecule has 0 radical (unpaired) electrons. The number of nitrogens with one attached hydrogen (secondary N) is 2. The van der Waals surface area contributed by atoms with E-state index in [2.05, 4.69) is 10.3 Å². The SMILES string of the molecule is CN(C(=O)c1ccc2cc[nH]c2c1)C1CCNC1. The smallest absolute Gasteiger partial charge is 0.253 e. The summed E-state index contributed by atoms with van der Waals surface area (Å²) in [6.45, 7) is 1.89. The minimum atomic E-state index is 0.0974. The number of H-pyrrole nitrogens is 1. The Bertz CT molecular complexity index is 569. The highest BCUT2D eigenvalue weighted by atomic mass is 16.2. The van der Waals surface area contributed by atoms with Crippen LogP contribution in [0.3, 0.4) is 0 Å². The van der Waals surface area contributed by atoms with Gasteiger partial charge in [0.15, 0.2) is 0 Å². The lowest BCUT2D eigenvalue weighted by molar-refractivity contribution is 0.0744. The van der Waals surface area contributed by atoms with Crippen LogP contribution in [0.4, 0.5) is 0 Å². The molecule has 4 heteroatoms. The minimum Gasteiger partial charge on any atom is -0.361 e. The van der Waals surface area contributed by atoms with E-state index in [0.717, 1.165) is 36.0 Å². The van der Waals surface area contributed by atoms with Crippen LogP contribution >= 0.6 is 0 Å². The molecule has 0 bridgehead atoms. The third kappa shape index (κ3) is 1.88. The highest BCUT2D eigenvalue weighted by molar-refractivity contribution is 5.98. The van der Waals surface area contributed by atoms with Gasteiger partial charge in [0, 0.05) is 36.9 Å². The van der Waals surface area contributed by atoms with Gasteiger partial charge in [-0.15, -0.1) is 0 Å². The van der Waals surface area contributed by atoms with E-state index in [1.54, 1.807) is 0 Å². The highest BCUT2D eigenvalue weighted by Gasteiger charge is 2.24. The first-order valence-electron chi connectivity index (χ1n) is 6.31. The predicted molar refractivity (Wildman–Crippen MR) is 71.7 cm³/mol. The summed E-state index contributed by atoms with van der Waals surface area (Å²) in [5.41, 5.74) is 1.76. The van der Waals surface area contributed by atoms with Gasteiger partial charge in [-0.2, -0.15) is 0 Å². The zero-order valence-corrected chi connectivity index (χ0v) is 10.4. The van der Waals surface area contributed by atoms with E-state index < -0.39 is 0 Å². The Morgan fingerprint density at radius 3 is 3.06 bits per heavy atom. The predicted octanol–water partition coefficient (Wildman–Crippen LogP) is 1.60. The fourth-order valence-corrected chi connectivity index (χ4v) is 2.52. The Balaban J connectivity index is 1.86. The molecule has 0 spiro atoms. The number of nitrogens with zero attached hydrogens (tertiary/aromatic N) is 1. The van der Waals surface area contributed by atoms with Gasteiger partial charge in [0.1, 0.15) is 0 Å². The number of amides is 1. The number of carbonyl (C=O) groups excluding carboxylic acids is 1. The molecule has 1 unspecified atom stereocenters. The van der Waals surface area contributed by atoms with Gasteiger partial charge >= 0.3 is 0 Å². The molecule has 0 aliphatic carbocycles. The van der Waals surface area contributed by atoms with Crippen LogP contribution in [0.25, 0.3) is 10.9 Å². The third-order valence-corrected chi connectivity index (χ3v) is 3.70. The maximum Gasteiger partial charge on any atom is 0.253 e. The summed E-state index contributed by atoms with van der Waals surface area (Å²) in [6.07, 6.45) is 2.93. The van der Waals surface area contributed by atoms with Crippen molar-refractivity contribution in [3.63, 3.8) is 0 Å². The lowest BCUT2D eigenvalue weighted by Gasteiger charge is -2.23. The van der Waals surface area contributed by atoms with Crippen LogP contribution in [0.5, 0.6) is 0 Å². The second-order valence-electron chi connectivity index (χ2n) is 4.84. The Morgan fingerprint density at radius 2 is 2.28 bits per heavy atom. The molecule has 0 saturated carbocycles. The quantitative estimate of drug-likeness (QED) is 0.841. The first-order valence-corrected chi connectivity index (χ1v) is 6.31. The van der Waals surface area contributed by atoms with Gasteiger partial charge in [-0.25, -0.2) is 0 Å². The van der Waals surface area contributed by atoms with Crippen molar-refractivity contribution in [2.75, 3.05) is 20.1 Å². The molecule has 2 heterocycles. The van der Waals surface area contributed by atoms with Crippen molar-refractivity contribution in [3.05, 3.63) is 36.0 Å². The van der Waals surface area contributed by atoms with E-state index in [1.165, 1.54) is 0 Å². The van der Waals surface area contributed by atoms with E-state index in [9.17, 15) is 4.79 Å². The molecule has 18 heavy (non-hydrogen) atoms. The van der Waals surface area contributed by atoms with Crippen molar-refractivity contribution in [2.45, 2.75) is 12.5 Å². The molecule has 1 amide bonds. The van der Waals surface area contributed by atoms with E-state index in [0.29, 0.717) is 6.04 Å². The molecule has 4 nitrogen and oxygen atoms in total. The second kappa shape index (κ2) is 4.46. The molecule has 1 aromatic carbocycles. The van der Waals surface area contributed by atoms with Crippen LogP contribution in [0, 0.1) is 0 Å². The van der Waals surface area contributed by atoms with Crippen molar-refractivity contribution in [1.29, 1.82) is 0 Å². The average Bonchev–Trinajstić information content (AvgIpc) is 3.06. The largest absolute Gasteiger partial charge is 0.361 e. The van der Waals surface area contributed by atoms with Gasteiger partial charge in [0.2, 0.25) is 0 Å². The molecule has 1 atom stereocenters. The van der Waals surface area contributed by atoms with Gasteiger partial charge < -0.3 is 15.2 Å². The number of fused-ring (bicyclic) bond motifs is 1. The molecule has 1 saturated heterocycles. The molecule has 94 valence electrons. The standard InChI is InChI=1S/C14H17N3O/c1-17(12-5-6-15-9-12)14(18)11-3-2-10-4-7-16-13(10)8-11/h2-4,7-8,12,15-16H,5-6,9H2,1H3. The topological polar surface area (TPSA) is 48.1 Å². The Labute approximate surface area is 106 Å². The van der Waals surface area contributed by atoms with E-state index in [-0.39, 0.29) is 5.91 Å². The van der Waals surface area contributed by atoms with Gasteiger partial charge in [0.25, 0.3) is 5.91 Å². The lowest BCUT2D eigenvalue weighted by atomic mass is 10.1. The first kappa shape index (κ1) is 11.3. The van der Waals surface area contributed by atoms with Crippen molar-refractivity contribution in [2.24, 2.45) is 0 Å². The Hall–Kier alpha value is -1.81. The summed E-state index contributed by atoms with van der Waals surface area (Å²) >= 11 is 0. The summed E-state index contributed by atoms with van der Waals surface area (Å²) in [6, 6.07) is 8.14. The van der Waals surface area contributed by atoms with Gasteiger partial charge in [-0.1, -0.05) is 6.07 Å². The molecule has 3 rings (SSSR count). The van der Waals surface area contributed by atoms with E-state index in [1.807, 2.05) is 42.4 Å². The number of hydrogen-bond acceptors (Lipinski definition) is 2. The Morgan fingerprint density at radius 1 is 1.39 bits per heavy atom. The summed E-state index contributed by atoms with van der Waals surface area (Å²) < 4.78 is 0. The average molecular weight is 243 g/mol. The molecule has 1 fully saturated rings. The third-order valence-electron chi connectivity index (χ3n) is 3.70. The van der Waals surface area contributed by atoms with Crippen LogP contribution in [0.15, 0.2) is 30.5 Å². The number of carbonyl (C=O) groups is 1. The molecule has 2 N–H and O–H groups in total. The highest BCUT2D eigenvalue weighted by Crippen LogP contribution is 2.17. The van der Waals surface area contributed by atoms with Gasteiger partial charge in [0.05, 0.1) is 0 Å². The number of hydrogen-bond donors (Lipinski definition) is 2. The zero-order chi connectivity index (χ0) is 12.5. The molecule has 1 aliphatic heterocycles. The fraction of sp³-hybridized carbons (Fsp3) is 0.357. The second-order valence-corrected chi connectivity index (χ2v) is 4.84. The van der Waals surface area contributed by atoms with Crippen LogP contribution in [-0.2, 0) is 0 Å². The van der Waals surface area contributed by atoms with Crippen molar-refractivity contribution in [1.82, 2.24) is 15.2 Å². The maximum atomic E-state index is 12.4. The Kier molecular flexibility index (Phi) is 2.80. The van der Waals surface area contributed by atoms with Crippen LogP contribution in [0.2, 0.25) is 0 Å². The number of aromatic amines is 1. The normalized spacial score (nSPS) is 19.3. The maximum absolute atomic E-state index is 12.4. The zero-order valence-electron chi connectivity index (χ0n) is 10.4.